The van der Waals surface area contributed by atoms with Crippen molar-refractivity contribution in [1.29, 1.82) is 0 Å². The number of fused-ring (bicyclic) bond motifs is 4. The molecule has 1 aliphatic heterocycles. The molecule has 48 heavy (non-hydrogen) atoms. The fraction of sp³-hybridized carbons (Fsp3) is 0.146. The number of hydroxylamine groups is 1. The molecule has 7 heteroatoms. The fourth-order valence-electron chi connectivity index (χ4n) is 6.78. The van der Waals surface area contributed by atoms with Crippen molar-refractivity contribution in [3.05, 3.63) is 139 Å². The van der Waals surface area contributed by atoms with Crippen molar-refractivity contribution in [2.75, 3.05) is 10.1 Å². The van der Waals surface area contributed by atoms with E-state index in [2.05, 4.69) is 171 Å². The molecule has 7 aromatic rings. The molecule has 0 aliphatic carbocycles. The summed E-state index contributed by atoms with van der Waals surface area (Å²) in [5, 5.41) is 8.92. The summed E-state index contributed by atoms with van der Waals surface area (Å²) in [6.07, 6.45) is 1.92. The molecular weight excluding hydrogens is 788 g/mol. The van der Waals surface area contributed by atoms with E-state index in [-0.39, 0.29) is 27.1 Å². The van der Waals surface area contributed by atoms with Crippen LogP contribution in [0, 0.1) is 19.1 Å². The number of pyridine rings is 1. The van der Waals surface area contributed by atoms with Crippen LogP contribution < -0.4 is 20.5 Å². The van der Waals surface area contributed by atoms with Crippen LogP contribution in [0.15, 0.2) is 121 Å². The third-order valence-electron chi connectivity index (χ3n) is 9.40. The molecular formula is C41H37N4OPtSi-. The van der Waals surface area contributed by atoms with Gasteiger partial charge in [0.2, 0.25) is 0 Å². The summed E-state index contributed by atoms with van der Waals surface area (Å²) in [6.45, 7) is 11.3. The number of hydrogen-bond donors (Lipinski definition) is 0. The number of aryl methyl sites for hydroxylation is 1. The molecule has 3 heterocycles. The van der Waals surface area contributed by atoms with E-state index in [0.717, 1.165) is 39.5 Å². The molecule has 2 aromatic heterocycles. The van der Waals surface area contributed by atoms with Gasteiger partial charge in [0.25, 0.3) is 0 Å². The van der Waals surface area contributed by atoms with Crippen LogP contribution in [0.4, 0.5) is 17.1 Å². The molecule has 0 saturated carbocycles. The van der Waals surface area contributed by atoms with Crippen molar-refractivity contribution in [2.24, 2.45) is 0 Å². The van der Waals surface area contributed by atoms with Crippen molar-refractivity contribution in [2.45, 2.75) is 39.9 Å². The van der Waals surface area contributed by atoms with E-state index >= 15 is 0 Å². The minimum absolute atomic E-state index is 0. The Kier molecular flexibility index (Phi) is 8.37. The van der Waals surface area contributed by atoms with Crippen molar-refractivity contribution in [3.8, 4) is 16.9 Å². The molecule has 242 valence electrons. The van der Waals surface area contributed by atoms with E-state index in [9.17, 15) is 0 Å². The summed E-state index contributed by atoms with van der Waals surface area (Å²) in [7, 11) is -2.26. The van der Waals surface area contributed by atoms with E-state index < -0.39 is 8.07 Å². The van der Waals surface area contributed by atoms with Gasteiger partial charge >= 0.3 is 0 Å². The molecule has 0 saturated heterocycles. The Morgan fingerprint density at radius 3 is 2.27 bits per heavy atom. The Bertz CT molecular complexity index is 2300. The summed E-state index contributed by atoms with van der Waals surface area (Å²) < 4.78 is 2.28. The maximum atomic E-state index is 5.00. The number of benzene rings is 5. The molecule has 0 fully saturated rings. The number of aromatic nitrogens is 2. The van der Waals surface area contributed by atoms with Gasteiger partial charge < -0.3 is 4.57 Å². The van der Waals surface area contributed by atoms with E-state index in [1.165, 1.54) is 32.3 Å². The van der Waals surface area contributed by atoms with Crippen LogP contribution >= 0.6 is 0 Å². The Morgan fingerprint density at radius 2 is 1.46 bits per heavy atom. The van der Waals surface area contributed by atoms with E-state index in [0.29, 0.717) is 0 Å². The standard InChI is InChI=1S/C41H36N4OSi.Pt/c1-28(2)44-38-19-10-11-20-39(38)45(46-44)31-14-12-15-32(26-31)47(4,5)33-21-22-36-35-17-8-9-18-37(35)43(40(36)27-33)41-25-30(23-24-42-41)34-16-7-6-13-29(34)3;/h6-25,28H,1-5H3;/q-2;/p+1. The Balaban J connectivity index is 0.00000364. The molecule has 1 N–H and O–H groups in total. The second-order valence-electron chi connectivity index (χ2n) is 13.1. The average Bonchev–Trinajstić information content (AvgIpc) is 3.65. The predicted octanol–water partition coefficient (Wildman–Crippen LogP) is 8.78. The van der Waals surface area contributed by atoms with Crippen LogP contribution in [0.5, 0.6) is 0 Å². The zero-order valence-electron chi connectivity index (χ0n) is 27.7. The molecule has 1 aliphatic rings. The van der Waals surface area contributed by atoms with Gasteiger partial charge in [-0.2, -0.15) is 51.7 Å². The van der Waals surface area contributed by atoms with Crippen molar-refractivity contribution in [1.82, 2.24) is 9.55 Å². The zero-order valence-corrected chi connectivity index (χ0v) is 30.9. The maximum Gasteiger partial charge on any atom is 0.145 e. The molecule has 0 bridgehead atoms. The summed E-state index contributed by atoms with van der Waals surface area (Å²) in [5.41, 5.74) is 8.93. The number of hydrogen-bond acceptors (Lipinski definition) is 3. The Hall–Kier alpha value is -4.48. The van der Waals surface area contributed by atoms with Gasteiger partial charge in [0.1, 0.15) is 17.2 Å². The van der Waals surface area contributed by atoms with Gasteiger partial charge in [0.15, 0.2) is 0 Å². The second-order valence-corrected chi connectivity index (χ2v) is 17.4. The molecule has 8 rings (SSSR count). The Labute approximate surface area is 297 Å². The van der Waals surface area contributed by atoms with Crippen molar-refractivity contribution >= 4 is 57.3 Å². The van der Waals surface area contributed by atoms with Gasteiger partial charge in [0, 0.05) is 38.5 Å². The van der Waals surface area contributed by atoms with Crippen LogP contribution in [0.3, 0.4) is 0 Å². The van der Waals surface area contributed by atoms with Crippen LogP contribution in [0.2, 0.25) is 13.1 Å². The van der Waals surface area contributed by atoms with Gasteiger partial charge in [-0.1, -0.05) is 73.2 Å². The summed E-state index contributed by atoms with van der Waals surface area (Å²) >= 11 is 0. The molecule has 5 aromatic carbocycles. The quantitative estimate of drug-likeness (QED) is 0.0957. The first-order chi connectivity index (χ1) is 22.8. The molecule has 0 atom stereocenters. The molecule has 0 unspecified atom stereocenters. The van der Waals surface area contributed by atoms with Crippen molar-refractivity contribution < 1.29 is 26.0 Å². The zero-order chi connectivity index (χ0) is 32.3. The summed E-state index contributed by atoms with van der Waals surface area (Å²) in [5.74, 6) is 0.891. The minimum atomic E-state index is -2.26. The number of rotatable bonds is 6. The van der Waals surface area contributed by atoms with Crippen molar-refractivity contribution in [3.63, 3.8) is 0 Å². The smallest absolute Gasteiger partial charge is 0.145 e. The van der Waals surface area contributed by atoms with Gasteiger partial charge in [-0.3, -0.25) is 0 Å². The summed E-state index contributed by atoms with van der Waals surface area (Å²) in [4.78, 5) is 9.91. The molecule has 5 nitrogen and oxygen atoms in total. The van der Waals surface area contributed by atoms with Gasteiger partial charge in [-0.15, -0.1) is 21.6 Å². The number of nitrogens with zero attached hydrogens (tertiary/aromatic N) is 4. The SMILES string of the molecule is Cc1ccccc1-c1ccnc(-n2c3[c-]c([Si](C)(C)c4[c-]c(N5[OH+]N(C(C)C)c6ccccc65)ccc4)ccc3c3ccccc32)c1.[Pt]. The molecule has 0 spiro atoms. The van der Waals surface area contributed by atoms with Gasteiger partial charge in [-0.05, 0) is 73.2 Å². The second kappa shape index (κ2) is 12.5. The first-order valence-corrected chi connectivity index (χ1v) is 19.2. The van der Waals surface area contributed by atoms with Crippen LogP contribution in [0.1, 0.15) is 19.4 Å². The number of para-hydroxylation sites is 3. The largest absolute Gasteiger partial charge is 0.319 e. The molecule has 0 amide bonds. The summed E-state index contributed by atoms with van der Waals surface area (Å²) in [6, 6.07) is 48.8. The van der Waals surface area contributed by atoms with Gasteiger partial charge in [0.05, 0.1) is 14.1 Å². The van der Waals surface area contributed by atoms with Crippen LogP contribution in [0.25, 0.3) is 38.8 Å². The third-order valence-corrected chi connectivity index (χ3v) is 12.7. The topological polar surface area (TPSA) is 37.1 Å². The first-order valence-electron chi connectivity index (χ1n) is 16.2. The van der Waals surface area contributed by atoms with Crippen LogP contribution in [-0.4, -0.2) is 28.6 Å². The predicted molar refractivity (Wildman–Crippen MR) is 198 cm³/mol. The van der Waals surface area contributed by atoms with Gasteiger partial charge in [-0.25, -0.2) is 4.98 Å². The van der Waals surface area contributed by atoms with E-state index in [1.54, 1.807) is 0 Å². The monoisotopic (exact) mass is 824 g/mol. The fourth-order valence-corrected chi connectivity index (χ4v) is 8.95. The average molecular weight is 825 g/mol. The normalized spacial score (nSPS) is 13.0. The minimum Gasteiger partial charge on any atom is -0.319 e. The first kappa shape index (κ1) is 32.1. The van der Waals surface area contributed by atoms with Crippen LogP contribution in [-0.2, 0) is 21.1 Å². The third kappa shape index (κ3) is 5.29. The molecule has 0 radical (unpaired) electrons. The van der Waals surface area contributed by atoms with E-state index in [4.69, 9.17) is 9.92 Å². The van der Waals surface area contributed by atoms with E-state index in [1.807, 2.05) is 11.3 Å². The number of anilines is 3. The Morgan fingerprint density at radius 1 is 0.729 bits per heavy atom. The maximum absolute atomic E-state index is 5.00.